The highest BCUT2D eigenvalue weighted by Gasteiger charge is 2.25. The lowest BCUT2D eigenvalue weighted by atomic mass is 10.0. The summed E-state index contributed by atoms with van der Waals surface area (Å²) in [4.78, 5) is 28.8. The Morgan fingerprint density at radius 2 is 1.92 bits per heavy atom. The molecule has 2 heterocycles. The average molecular weight is 352 g/mol. The van der Waals surface area contributed by atoms with Crippen LogP contribution in [0.2, 0.25) is 0 Å². The van der Waals surface area contributed by atoms with Crippen molar-refractivity contribution in [1.29, 1.82) is 0 Å². The van der Waals surface area contributed by atoms with E-state index in [9.17, 15) is 9.59 Å². The van der Waals surface area contributed by atoms with Crippen molar-refractivity contribution in [2.45, 2.75) is 19.9 Å². The Morgan fingerprint density at radius 1 is 1.15 bits per heavy atom. The monoisotopic (exact) mass is 352 g/mol. The first-order valence-corrected chi connectivity index (χ1v) is 8.28. The number of rotatable bonds is 6. The third-order valence-corrected chi connectivity index (χ3v) is 3.92. The SMILES string of the molecule is CC(C)C(NC(=O)c1ccco1)C(=O)Nc1ccc(-n2ccnc2)cc1. The van der Waals surface area contributed by atoms with Gasteiger partial charge in [0.05, 0.1) is 12.6 Å². The predicted octanol–water partition coefficient (Wildman–Crippen LogP) is 2.86. The topological polar surface area (TPSA) is 89.2 Å². The Hall–Kier alpha value is -3.35. The van der Waals surface area contributed by atoms with Crippen molar-refractivity contribution in [3.63, 3.8) is 0 Å². The second-order valence-corrected chi connectivity index (χ2v) is 6.18. The molecular formula is C19H20N4O3. The minimum atomic E-state index is -0.680. The highest BCUT2D eigenvalue weighted by Crippen LogP contribution is 2.15. The summed E-state index contributed by atoms with van der Waals surface area (Å²) in [7, 11) is 0. The number of aromatic nitrogens is 2. The van der Waals surface area contributed by atoms with E-state index in [2.05, 4.69) is 15.6 Å². The molecule has 0 saturated carbocycles. The van der Waals surface area contributed by atoms with Gasteiger partial charge in [-0.2, -0.15) is 0 Å². The van der Waals surface area contributed by atoms with Crippen LogP contribution in [0, 0.1) is 5.92 Å². The summed E-state index contributed by atoms with van der Waals surface area (Å²) in [6.07, 6.45) is 6.66. The number of benzene rings is 1. The molecule has 0 fully saturated rings. The number of hydrogen-bond donors (Lipinski definition) is 2. The minimum absolute atomic E-state index is 0.0841. The first-order chi connectivity index (χ1) is 12.5. The summed E-state index contributed by atoms with van der Waals surface area (Å²) in [5.74, 6) is -0.609. The zero-order valence-corrected chi connectivity index (χ0v) is 14.5. The highest BCUT2D eigenvalue weighted by molar-refractivity contribution is 6.00. The molecule has 3 rings (SSSR count). The second-order valence-electron chi connectivity index (χ2n) is 6.18. The van der Waals surface area contributed by atoms with Crippen molar-refractivity contribution in [3.05, 3.63) is 67.1 Å². The molecular weight excluding hydrogens is 332 g/mol. The summed E-state index contributed by atoms with van der Waals surface area (Å²) in [5.41, 5.74) is 1.59. The van der Waals surface area contributed by atoms with Crippen LogP contribution in [0.4, 0.5) is 5.69 Å². The van der Waals surface area contributed by atoms with Crippen molar-refractivity contribution in [2.24, 2.45) is 5.92 Å². The summed E-state index contributed by atoms with van der Waals surface area (Å²) in [6.45, 7) is 3.74. The van der Waals surface area contributed by atoms with Crippen LogP contribution in [0.25, 0.3) is 5.69 Å². The van der Waals surface area contributed by atoms with Crippen LogP contribution in [-0.2, 0) is 4.79 Å². The van der Waals surface area contributed by atoms with Crippen molar-refractivity contribution >= 4 is 17.5 Å². The van der Waals surface area contributed by atoms with Gasteiger partial charge >= 0.3 is 0 Å². The van der Waals surface area contributed by atoms with E-state index in [4.69, 9.17) is 4.42 Å². The van der Waals surface area contributed by atoms with Crippen molar-refractivity contribution in [1.82, 2.24) is 14.9 Å². The van der Waals surface area contributed by atoms with E-state index in [1.807, 2.05) is 36.7 Å². The molecule has 0 aliphatic heterocycles. The number of furan rings is 1. The molecule has 0 saturated heterocycles. The molecule has 2 aromatic heterocycles. The number of amides is 2. The molecule has 0 radical (unpaired) electrons. The van der Waals surface area contributed by atoms with Crippen LogP contribution in [0.5, 0.6) is 0 Å². The van der Waals surface area contributed by atoms with Gasteiger partial charge in [0.2, 0.25) is 5.91 Å². The zero-order chi connectivity index (χ0) is 18.5. The molecule has 0 spiro atoms. The predicted molar refractivity (Wildman–Crippen MR) is 97.0 cm³/mol. The van der Waals surface area contributed by atoms with Gasteiger partial charge in [0.15, 0.2) is 5.76 Å². The van der Waals surface area contributed by atoms with Gasteiger partial charge < -0.3 is 19.6 Å². The number of nitrogens with one attached hydrogen (secondary N) is 2. The Morgan fingerprint density at radius 3 is 2.50 bits per heavy atom. The van der Waals surface area contributed by atoms with Crippen LogP contribution < -0.4 is 10.6 Å². The van der Waals surface area contributed by atoms with Gasteiger partial charge in [-0.3, -0.25) is 9.59 Å². The van der Waals surface area contributed by atoms with Gasteiger partial charge in [0.25, 0.3) is 5.91 Å². The van der Waals surface area contributed by atoms with Crippen molar-refractivity contribution < 1.29 is 14.0 Å². The number of hydrogen-bond acceptors (Lipinski definition) is 4. The van der Waals surface area contributed by atoms with Gasteiger partial charge in [-0.05, 0) is 42.3 Å². The molecule has 1 aromatic carbocycles. The Bertz CT molecular complexity index is 853. The number of nitrogens with zero attached hydrogens (tertiary/aromatic N) is 2. The van der Waals surface area contributed by atoms with Gasteiger partial charge in [0, 0.05) is 23.8 Å². The number of carbonyl (C=O) groups is 2. The van der Waals surface area contributed by atoms with E-state index < -0.39 is 11.9 Å². The fourth-order valence-corrected chi connectivity index (χ4v) is 2.50. The highest BCUT2D eigenvalue weighted by atomic mass is 16.3. The van der Waals surface area contributed by atoms with E-state index in [-0.39, 0.29) is 17.6 Å². The molecule has 0 aliphatic carbocycles. The maximum Gasteiger partial charge on any atom is 0.287 e. The number of anilines is 1. The average Bonchev–Trinajstić information content (AvgIpc) is 3.33. The van der Waals surface area contributed by atoms with E-state index in [1.165, 1.54) is 6.26 Å². The summed E-state index contributed by atoms with van der Waals surface area (Å²) in [6, 6.07) is 9.87. The Labute approximate surface area is 151 Å². The fourth-order valence-electron chi connectivity index (χ4n) is 2.50. The lowest BCUT2D eigenvalue weighted by molar-refractivity contribution is -0.118. The maximum absolute atomic E-state index is 12.6. The first-order valence-electron chi connectivity index (χ1n) is 8.28. The lowest BCUT2D eigenvalue weighted by Crippen LogP contribution is -2.47. The van der Waals surface area contributed by atoms with E-state index in [0.717, 1.165) is 5.69 Å². The van der Waals surface area contributed by atoms with E-state index >= 15 is 0 Å². The van der Waals surface area contributed by atoms with Gasteiger partial charge in [0.1, 0.15) is 6.04 Å². The molecule has 2 amide bonds. The summed E-state index contributed by atoms with van der Waals surface area (Å²) >= 11 is 0. The van der Waals surface area contributed by atoms with Gasteiger partial charge in [-0.15, -0.1) is 0 Å². The number of carbonyl (C=O) groups excluding carboxylic acids is 2. The standard InChI is InChI=1S/C19H20N4O3/c1-13(2)17(22-18(24)16-4-3-11-26-16)19(25)21-14-5-7-15(8-6-14)23-10-9-20-12-23/h3-13,17H,1-2H3,(H,21,25)(H,22,24). The second kappa shape index (κ2) is 7.69. The largest absolute Gasteiger partial charge is 0.459 e. The quantitative estimate of drug-likeness (QED) is 0.714. The summed E-state index contributed by atoms with van der Waals surface area (Å²) < 4.78 is 6.94. The Balaban J connectivity index is 1.67. The van der Waals surface area contributed by atoms with E-state index in [1.54, 1.807) is 36.8 Å². The molecule has 134 valence electrons. The van der Waals surface area contributed by atoms with E-state index in [0.29, 0.717) is 5.69 Å². The van der Waals surface area contributed by atoms with Crippen LogP contribution in [0.3, 0.4) is 0 Å². The van der Waals surface area contributed by atoms with Gasteiger partial charge in [-0.1, -0.05) is 13.8 Å². The fraction of sp³-hybridized carbons (Fsp3) is 0.211. The Kier molecular flexibility index (Phi) is 5.17. The molecule has 1 unspecified atom stereocenters. The zero-order valence-electron chi connectivity index (χ0n) is 14.5. The summed E-state index contributed by atoms with van der Waals surface area (Å²) in [5, 5.41) is 5.55. The lowest BCUT2D eigenvalue weighted by Gasteiger charge is -2.21. The minimum Gasteiger partial charge on any atom is -0.459 e. The maximum atomic E-state index is 12.6. The molecule has 3 aromatic rings. The van der Waals surface area contributed by atoms with Crippen LogP contribution >= 0.6 is 0 Å². The third-order valence-electron chi connectivity index (χ3n) is 3.92. The van der Waals surface area contributed by atoms with Crippen LogP contribution in [0.1, 0.15) is 24.4 Å². The van der Waals surface area contributed by atoms with Crippen molar-refractivity contribution in [3.8, 4) is 5.69 Å². The molecule has 1 atom stereocenters. The van der Waals surface area contributed by atoms with Crippen LogP contribution in [0.15, 0.2) is 65.8 Å². The smallest absolute Gasteiger partial charge is 0.287 e. The van der Waals surface area contributed by atoms with Crippen LogP contribution in [-0.4, -0.2) is 27.4 Å². The molecule has 26 heavy (non-hydrogen) atoms. The molecule has 2 N–H and O–H groups in total. The normalized spacial score (nSPS) is 12.0. The molecule has 7 heteroatoms. The number of imidazole rings is 1. The van der Waals surface area contributed by atoms with Crippen molar-refractivity contribution in [2.75, 3.05) is 5.32 Å². The molecule has 7 nitrogen and oxygen atoms in total. The first kappa shape index (κ1) is 17.5. The third kappa shape index (κ3) is 4.00. The van der Waals surface area contributed by atoms with Gasteiger partial charge in [-0.25, -0.2) is 4.98 Å². The molecule has 0 bridgehead atoms. The molecule has 0 aliphatic rings.